The maximum atomic E-state index is 12.2. The molecule has 3 aromatic heterocycles. The molecule has 0 bridgehead atoms. The highest BCUT2D eigenvalue weighted by Gasteiger charge is 2.16. The number of aromatic nitrogens is 4. The first-order chi connectivity index (χ1) is 16.8. The lowest BCUT2D eigenvalue weighted by Gasteiger charge is -2.13. The van der Waals surface area contributed by atoms with Gasteiger partial charge in [0.1, 0.15) is 11.8 Å². The zero-order chi connectivity index (χ0) is 24.7. The topological polar surface area (TPSA) is 114 Å². The van der Waals surface area contributed by atoms with Gasteiger partial charge in [-0.15, -0.1) is 5.10 Å². The van der Waals surface area contributed by atoms with E-state index < -0.39 is 16.9 Å². The molecule has 0 spiro atoms. The maximum absolute atomic E-state index is 12.2. The molecule has 8 nitrogen and oxygen atoms in total. The van der Waals surface area contributed by atoms with E-state index in [0.29, 0.717) is 5.75 Å². The molecular weight excluding hydrogens is 509 g/mol. The minimum absolute atomic E-state index is 0.105. The van der Waals surface area contributed by atoms with Crippen LogP contribution in [0.4, 0.5) is 0 Å². The van der Waals surface area contributed by atoms with Crippen LogP contribution in [0.5, 0.6) is 11.5 Å². The summed E-state index contributed by atoms with van der Waals surface area (Å²) in [6.45, 7) is 2.00. The first-order valence-corrected chi connectivity index (χ1v) is 11.8. The van der Waals surface area contributed by atoms with Crippen molar-refractivity contribution < 1.29 is 4.74 Å². The van der Waals surface area contributed by atoms with Crippen molar-refractivity contribution in [3.63, 3.8) is 0 Å². The molecule has 0 saturated heterocycles. The number of thiophene rings is 1. The van der Waals surface area contributed by atoms with E-state index in [2.05, 4.69) is 10.5 Å². The second-order valence-corrected chi connectivity index (χ2v) is 9.08. The second-order valence-electron chi connectivity index (χ2n) is 7.49. The van der Waals surface area contributed by atoms with Gasteiger partial charge in [-0.1, -0.05) is 23.2 Å². The van der Waals surface area contributed by atoms with Crippen molar-refractivity contribution in [2.45, 2.75) is 6.92 Å². The molecule has 3 heterocycles. The van der Waals surface area contributed by atoms with Crippen molar-refractivity contribution in [2.24, 2.45) is 0 Å². The first kappa shape index (κ1) is 22.8. The summed E-state index contributed by atoms with van der Waals surface area (Å²) >= 11 is 14.5. The minimum atomic E-state index is -0.880. The number of aromatic amines is 1. The number of nitriles is 1. The summed E-state index contributed by atoms with van der Waals surface area (Å²) in [5.74, 6) is 0.670. The molecule has 0 fully saturated rings. The number of rotatable bonds is 4. The van der Waals surface area contributed by atoms with Crippen molar-refractivity contribution in [3.05, 3.63) is 95.4 Å². The van der Waals surface area contributed by atoms with E-state index in [1.54, 1.807) is 23.5 Å². The van der Waals surface area contributed by atoms with E-state index >= 15 is 0 Å². The molecule has 35 heavy (non-hydrogen) atoms. The second kappa shape index (κ2) is 9.00. The molecular formula is C24H13Cl2N5O3S. The van der Waals surface area contributed by atoms with Crippen LogP contribution in [0, 0.1) is 18.3 Å². The maximum Gasteiger partial charge on any atom is 0.349 e. The van der Waals surface area contributed by atoms with E-state index in [0.717, 1.165) is 32.4 Å². The quantitative estimate of drug-likeness (QED) is 0.335. The molecule has 0 aliphatic heterocycles. The summed E-state index contributed by atoms with van der Waals surface area (Å²) in [6.07, 6.45) is 0. The van der Waals surface area contributed by atoms with E-state index in [4.69, 9.17) is 38.2 Å². The highest BCUT2D eigenvalue weighted by molar-refractivity contribution is 7.08. The number of hydrogen-bond acceptors (Lipinski definition) is 7. The number of hydrogen-bond donors (Lipinski definition) is 1. The van der Waals surface area contributed by atoms with E-state index in [9.17, 15) is 9.59 Å². The van der Waals surface area contributed by atoms with Gasteiger partial charge in [0, 0.05) is 16.3 Å². The van der Waals surface area contributed by atoms with Crippen LogP contribution >= 0.6 is 34.5 Å². The summed E-state index contributed by atoms with van der Waals surface area (Å²) in [5, 5.41) is 18.0. The SMILES string of the molecule is Cc1cc(-c2ccsc2)nc2ccc(Oc3c(Cl)cc(-n4nc(C#N)c(=O)[nH]c4=O)cc3Cl)cc12. The van der Waals surface area contributed by atoms with Gasteiger partial charge < -0.3 is 4.74 Å². The Bertz CT molecular complexity index is 1750. The van der Waals surface area contributed by atoms with Crippen LogP contribution in [0.2, 0.25) is 10.0 Å². The van der Waals surface area contributed by atoms with Crippen molar-refractivity contribution in [1.29, 1.82) is 5.26 Å². The average Bonchev–Trinajstić information content (AvgIpc) is 3.37. The summed E-state index contributed by atoms with van der Waals surface area (Å²) in [7, 11) is 0. The number of nitrogens with zero attached hydrogens (tertiary/aromatic N) is 4. The lowest BCUT2D eigenvalue weighted by Crippen LogP contribution is -2.33. The van der Waals surface area contributed by atoms with Gasteiger partial charge >= 0.3 is 5.69 Å². The Labute approximate surface area is 211 Å². The predicted molar refractivity (Wildman–Crippen MR) is 135 cm³/mol. The number of halogens is 2. The summed E-state index contributed by atoms with van der Waals surface area (Å²) in [5.41, 5.74) is 1.79. The Kier molecular flexibility index (Phi) is 5.86. The largest absolute Gasteiger partial charge is 0.454 e. The lowest BCUT2D eigenvalue weighted by molar-refractivity contribution is 0.483. The molecule has 0 unspecified atom stereocenters. The van der Waals surface area contributed by atoms with E-state index in [1.807, 2.05) is 41.6 Å². The van der Waals surface area contributed by atoms with Gasteiger partial charge in [0.25, 0.3) is 5.56 Å². The van der Waals surface area contributed by atoms with Crippen LogP contribution in [0.3, 0.4) is 0 Å². The Balaban J connectivity index is 1.51. The van der Waals surface area contributed by atoms with Crippen LogP contribution in [-0.4, -0.2) is 19.7 Å². The average molecular weight is 522 g/mol. The predicted octanol–water partition coefficient (Wildman–Crippen LogP) is 5.48. The fourth-order valence-electron chi connectivity index (χ4n) is 3.53. The van der Waals surface area contributed by atoms with E-state index in [-0.39, 0.29) is 21.5 Å². The third-order valence-electron chi connectivity index (χ3n) is 5.19. The minimum Gasteiger partial charge on any atom is -0.454 e. The Morgan fingerprint density at radius 3 is 2.57 bits per heavy atom. The number of nitrogens with one attached hydrogen (secondary N) is 1. The number of H-pyrrole nitrogens is 1. The Hall–Kier alpha value is -3.97. The highest BCUT2D eigenvalue weighted by Crippen LogP contribution is 2.39. The zero-order valence-corrected chi connectivity index (χ0v) is 20.2. The van der Waals surface area contributed by atoms with Gasteiger partial charge in [0.15, 0.2) is 5.75 Å². The van der Waals surface area contributed by atoms with Crippen molar-refractivity contribution >= 4 is 45.4 Å². The first-order valence-electron chi connectivity index (χ1n) is 10.1. The third kappa shape index (κ3) is 4.31. The number of fused-ring (bicyclic) bond motifs is 1. The number of aryl methyl sites for hydroxylation is 1. The van der Waals surface area contributed by atoms with Crippen LogP contribution < -0.4 is 16.0 Å². The molecule has 0 radical (unpaired) electrons. The van der Waals surface area contributed by atoms with E-state index in [1.165, 1.54) is 12.1 Å². The molecule has 5 rings (SSSR count). The van der Waals surface area contributed by atoms with Gasteiger partial charge in [0.2, 0.25) is 5.69 Å². The normalized spacial score (nSPS) is 10.9. The standard InChI is InChI=1S/C24H13Cl2N5O3S/c1-12-6-20(13-4-5-35-11-13)28-19-3-2-15(9-16(12)19)34-22-17(25)7-14(8-18(22)26)31-24(33)29-23(32)21(10-27)30-31/h2-9,11H,1H3,(H,29,32,33). The van der Waals surface area contributed by atoms with Gasteiger partial charge in [-0.2, -0.15) is 21.3 Å². The van der Waals surface area contributed by atoms with Crippen LogP contribution in [0.1, 0.15) is 11.3 Å². The molecule has 1 N–H and O–H groups in total. The van der Waals surface area contributed by atoms with Crippen LogP contribution in [0.25, 0.3) is 27.8 Å². The molecule has 11 heteroatoms. The molecule has 0 atom stereocenters. The van der Waals surface area contributed by atoms with Gasteiger partial charge in [-0.25, -0.2) is 9.78 Å². The Morgan fingerprint density at radius 2 is 1.89 bits per heavy atom. The van der Waals surface area contributed by atoms with Gasteiger partial charge in [0.05, 0.1) is 26.9 Å². The van der Waals surface area contributed by atoms with Crippen molar-refractivity contribution in [1.82, 2.24) is 19.7 Å². The summed E-state index contributed by atoms with van der Waals surface area (Å²) in [4.78, 5) is 30.6. The number of pyridine rings is 1. The van der Waals surface area contributed by atoms with Gasteiger partial charge in [-0.05, 0) is 60.3 Å². The molecule has 0 amide bonds. The third-order valence-corrected chi connectivity index (χ3v) is 6.43. The molecule has 0 saturated carbocycles. The smallest absolute Gasteiger partial charge is 0.349 e. The van der Waals surface area contributed by atoms with Gasteiger partial charge in [-0.3, -0.25) is 9.78 Å². The molecule has 5 aromatic rings. The summed E-state index contributed by atoms with van der Waals surface area (Å²) in [6, 6.07) is 13.9. The number of ether oxygens (including phenoxy) is 1. The molecule has 0 aliphatic carbocycles. The van der Waals surface area contributed by atoms with Crippen LogP contribution in [0.15, 0.2) is 62.8 Å². The lowest BCUT2D eigenvalue weighted by atomic mass is 10.1. The molecule has 2 aromatic carbocycles. The summed E-state index contributed by atoms with van der Waals surface area (Å²) < 4.78 is 6.81. The fourth-order valence-corrected chi connectivity index (χ4v) is 4.73. The molecule has 0 aliphatic rings. The highest BCUT2D eigenvalue weighted by atomic mass is 35.5. The Morgan fingerprint density at radius 1 is 1.11 bits per heavy atom. The molecule has 172 valence electrons. The van der Waals surface area contributed by atoms with Crippen molar-refractivity contribution in [2.75, 3.05) is 0 Å². The monoisotopic (exact) mass is 521 g/mol. The number of benzene rings is 2. The fraction of sp³-hybridized carbons (Fsp3) is 0.0417. The van der Waals surface area contributed by atoms with Crippen LogP contribution in [-0.2, 0) is 0 Å². The zero-order valence-electron chi connectivity index (χ0n) is 17.9. The van der Waals surface area contributed by atoms with Crippen molar-refractivity contribution in [3.8, 4) is 34.5 Å².